The molecule has 0 aromatic heterocycles. The molecule has 0 saturated heterocycles. The Kier molecular flexibility index (Phi) is 58.7. The van der Waals surface area contributed by atoms with E-state index in [4.69, 9.17) is 14.2 Å². The Morgan fingerprint density at radius 3 is 0.792 bits per heavy atom. The van der Waals surface area contributed by atoms with Gasteiger partial charge in [0, 0.05) is 19.3 Å². The van der Waals surface area contributed by atoms with Crippen LogP contribution in [-0.2, 0) is 28.6 Å². The lowest BCUT2D eigenvalue weighted by atomic mass is 10.0. The molecule has 0 aliphatic rings. The highest BCUT2D eigenvalue weighted by Crippen LogP contribution is 2.17. The maximum absolute atomic E-state index is 12.9. The highest BCUT2D eigenvalue weighted by molar-refractivity contribution is 5.71. The van der Waals surface area contributed by atoms with Gasteiger partial charge in [0.05, 0.1) is 0 Å². The molecule has 0 aliphatic heterocycles. The first-order valence-electron chi connectivity index (χ1n) is 31.6. The third-order valence-corrected chi connectivity index (χ3v) is 14.1. The molecule has 1 atom stereocenters. The summed E-state index contributed by atoms with van der Waals surface area (Å²) in [5.41, 5.74) is 0. The van der Waals surface area contributed by atoms with E-state index in [9.17, 15) is 14.4 Å². The minimum Gasteiger partial charge on any atom is -0.462 e. The van der Waals surface area contributed by atoms with Crippen molar-refractivity contribution in [2.24, 2.45) is 0 Å². The fourth-order valence-electron chi connectivity index (χ4n) is 9.27. The molecular formula is C66H120O6. The Morgan fingerprint density at radius 2 is 0.500 bits per heavy atom. The predicted molar refractivity (Wildman–Crippen MR) is 312 cm³/mol. The van der Waals surface area contributed by atoms with E-state index >= 15 is 0 Å². The SMILES string of the molecule is CCCCC/C=C\C/C=C\CCCCCCCCCC(=O)OC(COC(=O)CCCCCCCCCCCCCC)COC(=O)CCCCCCCCCCCCCCC/C=C\C/C=C\CCCCCCC. The van der Waals surface area contributed by atoms with Crippen LogP contribution in [0.5, 0.6) is 0 Å². The van der Waals surface area contributed by atoms with Crippen LogP contribution in [0.1, 0.15) is 335 Å². The molecule has 0 radical (unpaired) electrons. The molecule has 0 aromatic rings. The van der Waals surface area contributed by atoms with Crippen LogP contribution in [0.15, 0.2) is 48.6 Å². The molecule has 420 valence electrons. The van der Waals surface area contributed by atoms with Crippen molar-refractivity contribution in [3.63, 3.8) is 0 Å². The lowest BCUT2D eigenvalue weighted by Crippen LogP contribution is -2.30. The highest BCUT2D eigenvalue weighted by atomic mass is 16.6. The zero-order valence-corrected chi connectivity index (χ0v) is 48.2. The molecule has 0 N–H and O–H groups in total. The molecule has 0 bridgehead atoms. The molecule has 72 heavy (non-hydrogen) atoms. The van der Waals surface area contributed by atoms with Crippen LogP contribution in [0.3, 0.4) is 0 Å². The molecule has 0 aliphatic carbocycles. The number of hydrogen-bond acceptors (Lipinski definition) is 6. The van der Waals surface area contributed by atoms with Gasteiger partial charge in [-0.2, -0.15) is 0 Å². The predicted octanol–water partition coefficient (Wildman–Crippen LogP) is 21.4. The molecule has 6 heteroatoms. The molecule has 0 heterocycles. The fourth-order valence-corrected chi connectivity index (χ4v) is 9.27. The molecule has 0 amide bonds. The zero-order valence-electron chi connectivity index (χ0n) is 48.2. The maximum Gasteiger partial charge on any atom is 0.306 e. The van der Waals surface area contributed by atoms with Gasteiger partial charge in [0.15, 0.2) is 6.10 Å². The highest BCUT2D eigenvalue weighted by Gasteiger charge is 2.19. The van der Waals surface area contributed by atoms with Gasteiger partial charge < -0.3 is 14.2 Å². The summed E-state index contributed by atoms with van der Waals surface area (Å²) >= 11 is 0. The van der Waals surface area contributed by atoms with E-state index in [0.717, 1.165) is 77.0 Å². The van der Waals surface area contributed by atoms with Crippen molar-refractivity contribution in [1.82, 2.24) is 0 Å². The van der Waals surface area contributed by atoms with Crippen molar-refractivity contribution in [1.29, 1.82) is 0 Å². The van der Waals surface area contributed by atoms with Crippen molar-refractivity contribution in [3.05, 3.63) is 48.6 Å². The van der Waals surface area contributed by atoms with E-state index in [0.29, 0.717) is 19.3 Å². The number of carbonyl (C=O) groups excluding carboxylic acids is 3. The lowest BCUT2D eigenvalue weighted by molar-refractivity contribution is -0.167. The topological polar surface area (TPSA) is 78.9 Å². The molecular weight excluding hydrogens is 889 g/mol. The number of carbonyl (C=O) groups is 3. The van der Waals surface area contributed by atoms with E-state index in [1.54, 1.807) is 0 Å². The van der Waals surface area contributed by atoms with E-state index in [-0.39, 0.29) is 31.1 Å². The Labute approximate surface area is 448 Å². The van der Waals surface area contributed by atoms with E-state index < -0.39 is 6.10 Å². The molecule has 1 unspecified atom stereocenters. The van der Waals surface area contributed by atoms with Gasteiger partial charge in [-0.15, -0.1) is 0 Å². The number of allylic oxidation sites excluding steroid dienone is 8. The van der Waals surface area contributed by atoms with Gasteiger partial charge >= 0.3 is 17.9 Å². The second kappa shape index (κ2) is 60.9. The number of unbranched alkanes of at least 4 members (excludes halogenated alkanes) is 39. The standard InChI is InChI=1S/C66H120O6/c1-4-7-10-13-16-19-22-25-27-29-30-31-32-33-34-35-36-38-39-41-44-47-50-53-56-59-65(68)71-62-63(61-70-64(67)58-55-52-49-46-43-24-21-18-15-12-9-6-3)72-66(69)60-57-54-51-48-45-42-40-37-28-26-23-20-17-14-11-8-5-2/h17,20,22,25-26,28-30,63H,4-16,18-19,21,23-24,27,31-62H2,1-3H3/b20-17-,25-22-,28-26-,30-29-. The summed E-state index contributed by atoms with van der Waals surface area (Å²) in [7, 11) is 0. The first-order valence-corrected chi connectivity index (χ1v) is 31.6. The minimum atomic E-state index is -0.775. The van der Waals surface area contributed by atoms with Gasteiger partial charge in [0.1, 0.15) is 13.2 Å². The summed E-state index contributed by atoms with van der Waals surface area (Å²) in [5, 5.41) is 0. The first kappa shape index (κ1) is 69.4. The van der Waals surface area contributed by atoms with Crippen molar-refractivity contribution in [2.45, 2.75) is 341 Å². The Bertz CT molecular complexity index is 1250. The van der Waals surface area contributed by atoms with Crippen LogP contribution in [0.2, 0.25) is 0 Å². The van der Waals surface area contributed by atoms with Gasteiger partial charge in [0.25, 0.3) is 0 Å². The number of esters is 3. The quantitative estimate of drug-likeness (QED) is 0.0261. The molecule has 0 fully saturated rings. The van der Waals surface area contributed by atoms with Crippen molar-refractivity contribution in [2.75, 3.05) is 13.2 Å². The Hall–Kier alpha value is -2.63. The maximum atomic E-state index is 12.9. The number of rotatable bonds is 58. The van der Waals surface area contributed by atoms with Crippen molar-refractivity contribution < 1.29 is 28.6 Å². The molecule has 0 aromatic carbocycles. The average molecular weight is 1010 g/mol. The summed E-state index contributed by atoms with van der Waals surface area (Å²) < 4.78 is 16.9. The van der Waals surface area contributed by atoms with Gasteiger partial charge in [-0.25, -0.2) is 0 Å². The summed E-state index contributed by atoms with van der Waals surface area (Å²) in [6.45, 7) is 6.64. The number of hydrogen-bond donors (Lipinski definition) is 0. The lowest BCUT2D eigenvalue weighted by Gasteiger charge is -2.18. The summed E-state index contributed by atoms with van der Waals surface area (Å²) in [6.07, 6.45) is 75.4. The summed E-state index contributed by atoms with van der Waals surface area (Å²) in [4.78, 5) is 38.2. The molecule has 0 spiro atoms. The van der Waals surface area contributed by atoms with Gasteiger partial charge in [0.2, 0.25) is 0 Å². The largest absolute Gasteiger partial charge is 0.462 e. The normalized spacial score (nSPS) is 12.3. The van der Waals surface area contributed by atoms with Gasteiger partial charge in [-0.05, 0) is 83.5 Å². The van der Waals surface area contributed by atoms with Crippen LogP contribution in [0.4, 0.5) is 0 Å². The molecule has 6 nitrogen and oxygen atoms in total. The smallest absolute Gasteiger partial charge is 0.306 e. The summed E-state index contributed by atoms with van der Waals surface area (Å²) in [6, 6.07) is 0. The van der Waals surface area contributed by atoms with Gasteiger partial charge in [-0.3, -0.25) is 14.4 Å². The van der Waals surface area contributed by atoms with Crippen LogP contribution in [0, 0.1) is 0 Å². The third-order valence-electron chi connectivity index (χ3n) is 14.1. The van der Waals surface area contributed by atoms with Gasteiger partial charge in [-0.1, -0.05) is 281 Å². The Morgan fingerprint density at radius 1 is 0.278 bits per heavy atom. The average Bonchev–Trinajstić information content (AvgIpc) is 3.38. The van der Waals surface area contributed by atoms with E-state index in [2.05, 4.69) is 69.4 Å². The summed E-state index contributed by atoms with van der Waals surface area (Å²) in [5.74, 6) is -0.863. The van der Waals surface area contributed by atoms with E-state index in [1.165, 1.54) is 218 Å². The number of ether oxygens (including phenoxy) is 3. The van der Waals surface area contributed by atoms with Crippen molar-refractivity contribution in [3.8, 4) is 0 Å². The van der Waals surface area contributed by atoms with Crippen molar-refractivity contribution >= 4 is 17.9 Å². The van der Waals surface area contributed by atoms with Crippen LogP contribution in [0.25, 0.3) is 0 Å². The minimum absolute atomic E-state index is 0.0727. The first-order chi connectivity index (χ1) is 35.5. The van der Waals surface area contributed by atoms with Crippen LogP contribution in [-0.4, -0.2) is 37.2 Å². The van der Waals surface area contributed by atoms with Crippen LogP contribution >= 0.6 is 0 Å². The fraction of sp³-hybridized carbons (Fsp3) is 0.833. The van der Waals surface area contributed by atoms with E-state index in [1.807, 2.05) is 0 Å². The zero-order chi connectivity index (χ0) is 52.2. The monoisotopic (exact) mass is 1010 g/mol. The third kappa shape index (κ3) is 58.3. The second-order valence-electron chi connectivity index (χ2n) is 21.3. The van der Waals surface area contributed by atoms with Crippen LogP contribution < -0.4 is 0 Å². The second-order valence-corrected chi connectivity index (χ2v) is 21.3. The molecule has 0 rings (SSSR count). The molecule has 0 saturated carbocycles. The Balaban J connectivity index is 4.25.